The van der Waals surface area contributed by atoms with Crippen molar-refractivity contribution in [3.8, 4) is 5.75 Å². The molecule has 0 saturated heterocycles. The van der Waals surface area contributed by atoms with Gasteiger partial charge in [0, 0.05) is 12.2 Å². The van der Waals surface area contributed by atoms with Crippen LogP contribution >= 0.6 is 0 Å². The average molecular weight is 375 g/mol. The van der Waals surface area contributed by atoms with E-state index in [4.69, 9.17) is 4.74 Å². The van der Waals surface area contributed by atoms with Gasteiger partial charge in [-0.15, -0.1) is 0 Å². The molecule has 0 radical (unpaired) electrons. The molecule has 0 fully saturated rings. The monoisotopic (exact) mass is 375 g/mol. The predicted octanol–water partition coefficient (Wildman–Crippen LogP) is 3.35. The van der Waals surface area contributed by atoms with E-state index in [1.807, 2.05) is 24.3 Å². The highest BCUT2D eigenvalue weighted by Crippen LogP contribution is 2.26. The maximum absolute atomic E-state index is 12.4. The minimum absolute atomic E-state index is 0.0149. The Kier molecular flexibility index (Phi) is 6.01. The smallest absolute Gasteiger partial charge is 0.387 e. The molecular formula is C20H19F2NO4. The third kappa shape index (κ3) is 5.03. The summed E-state index contributed by atoms with van der Waals surface area (Å²) in [5, 5.41) is 0. The van der Waals surface area contributed by atoms with E-state index < -0.39 is 12.6 Å². The average Bonchev–Trinajstić information content (AvgIpc) is 2.67. The van der Waals surface area contributed by atoms with Crippen molar-refractivity contribution in [3.05, 3.63) is 59.7 Å². The maximum atomic E-state index is 12.4. The quantitative estimate of drug-likeness (QED) is 0.727. The first-order chi connectivity index (χ1) is 13.0. The molecule has 0 unspecified atom stereocenters. The molecule has 1 heterocycles. The minimum Gasteiger partial charge on any atom is -0.455 e. The molecule has 1 aliphatic rings. The van der Waals surface area contributed by atoms with Crippen LogP contribution in [0.15, 0.2) is 48.5 Å². The van der Waals surface area contributed by atoms with Gasteiger partial charge in [-0.1, -0.05) is 30.3 Å². The zero-order valence-corrected chi connectivity index (χ0v) is 14.6. The van der Waals surface area contributed by atoms with Gasteiger partial charge in [0.2, 0.25) is 0 Å². The number of anilines is 1. The van der Waals surface area contributed by atoms with Crippen molar-refractivity contribution in [2.24, 2.45) is 0 Å². The summed E-state index contributed by atoms with van der Waals surface area (Å²) in [5.74, 6) is -0.812. The fourth-order valence-electron chi connectivity index (χ4n) is 3.02. The molecule has 0 aromatic heterocycles. The van der Waals surface area contributed by atoms with Crippen molar-refractivity contribution in [1.82, 2.24) is 0 Å². The first-order valence-corrected chi connectivity index (χ1v) is 8.60. The van der Waals surface area contributed by atoms with Crippen LogP contribution in [0.25, 0.3) is 0 Å². The summed E-state index contributed by atoms with van der Waals surface area (Å²) in [6.07, 6.45) is 1.73. The number of hydrogen-bond acceptors (Lipinski definition) is 4. The third-order valence-electron chi connectivity index (χ3n) is 4.26. The summed E-state index contributed by atoms with van der Waals surface area (Å²) in [7, 11) is 0. The second-order valence-corrected chi connectivity index (χ2v) is 6.14. The summed E-state index contributed by atoms with van der Waals surface area (Å²) in [5.41, 5.74) is 2.55. The zero-order valence-electron chi connectivity index (χ0n) is 14.6. The number of carbonyl (C=O) groups is 2. The molecule has 142 valence electrons. The molecule has 5 nitrogen and oxygen atoms in total. The normalized spacial score (nSPS) is 13.2. The van der Waals surface area contributed by atoms with Crippen LogP contribution in [-0.2, 0) is 27.2 Å². The molecule has 2 aromatic rings. The Morgan fingerprint density at radius 2 is 1.81 bits per heavy atom. The van der Waals surface area contributed by atoms with Crippen LogP contribution in [0.1, 0.15) is 17.5 Å². The second kappa shape index (κ2) is 8.62. The number of esters is 1. The first-order valence-electron chi connectivity index (χ1n) is 8.60. The van der Waals surface area contributed by atoms with E-state index in [0.717, 1.165) is 24.1 Å². The van der Waals surface area contributed by atoms with E-state index in [9.17, 15) is 18.4 Å². The number of hydrogen-bond donors (Lipinski definition) is 0. The fraction of sp³-hybridized carbons (Fsp3) is 0.300. The Morgan fingerprint density at radius 3 is 2.56 bits per heavy atom. The van der Waals surface area contributed by atoms with Crippen LogP contribution in [0.5, 0.6) is 5.75 Å². The van der Waals surface area contributed by atoms with Crippen LogP contribution < -0.4 is 9.64 Å². The van der Waals surface area contributed by atoms with Crippen LogP contribution in [0, 0.1) is 0 Å². The van der Waals surface area contributed by atoms with Crippen molar-refractivity contribution in [3.63, 3.8) is 0 Å². The van der Waals surface area contributed by atoms with Crippen molar-refractivity contribution in [2.75, 3.05) is 18.1 Å². The van der Waals surface area contributed by atoms with Crippen LogP contribution in [0.4, 0.5) is 14.5 Å². The molecule has 0 N–H and O–H groups in total. The largest absolute Gasteiger partial charge is 0.455 e. The molecule has 0 atom stereocenters. The highest BCUT2D eigenvalue weighted by molar-refractivity contribution is 5.96. The molecule has 0 aliphatic carbocycles. The summed E-state index contributed by atoms with van der Waals surface area (Å²) in [4.78, 5) is 26.0. The van der Waals surface area contributed by atoms with E-state index in [2.05, 4.69) is 4.74 Å². The minimum atomic E-state index is -2.90. The Morgan fingerprint density at radius 1 is 1.07 bits per heavy atom. The van der Waals surface area contributed by atoms with E-state index in [1.165, 1.54) is 24.3 Å². The number of nitrogens with zero attached hydrogens (tertiary/aromatic N) is 1. The van der Waals surface area contributed by atoms with Crippen LogP contribution in [0.3, 0.4) is 0 Å². The highest BCUT2D eigenvalue weighted by Gasteiger charge is 2.23. The molecule has 2 aromatic carbocycles. The number of carbonyl (C=O) groups excluding carboxylic acids is 2. The first kappa shape index (κ1) is 18.8. The summed E-state index contributed by atoms with van der Waals surface area (Å²) < 4.78 is 33.6. The number of amides is 1. The fourth-order valence-corrected chi connectivity index (χ4v) is 3.02. The maximum Gasteiger partial charge on any atom is 0.387 e. The van der Waals surface area contributed by atoms with Gasteiger partial charge in [-0.2, -0.15) is 8.78 Å². The molecule has 1 aliphatic heterocycles. The lowest BCUT2D eigenvalue weighted by Crippen LogP contribution is -2.38. The number of aryl methyl sites for hydroxylation is 1. The van der Waals surface area contributed by atoms with Gasteiger partial charge in [0.15, 0.2) is 6.61 Å². The molecule has 1 amide bonds. The molecular weight excluding hydrogens is 356 g/mol. The lowest BCUT2D eigenvalue weighted by molar-refractivity contribution is -0.147. The number of fused-ring (bicyclic) bond motifs is 1. The van der Waals surface area contributed by atoms with Gasteiger partial charge in [-0.3, -0.25) is 9.59 Å². The summed E-state index contributed by atoms with van der Waals surface area (Å²) >= 11 is 0. The SMILES string of the molecule is O=C(Cc1ccc(OC(F)F)cc1)OCC(=O)N1CCCc2ccccc21. The Hall–Kier alpha value is -2.96. The standard InChI is InChI=1S/C20H19F2NO4/c21-20(22)27-16-9-7-14(8-10-16)12-19(25)26-13-18(24)23-11-3-5-15-4-1-2-6-17(15)23/h1-2,4,6-10,20H,3,5,11-13H2. The van der Waals surface area contributed by atoms with E-state index >= 15 is 0 Å². The Bertz CT molecular complexity index is 808. The number of halogens is 2. The zero-order chi connectivity index (χ0) is 19.2. The Labute approximate surface area is 155 Å². The van der Waals surface area contributed by atoms with Gasteiger partial charge in [0.05, 0.1) is 6.42 Å². The van der Waals surface area contributed by atoms with Crippen LogP contribution in [0.2, 0.25) is 0 Å². The van der Waals surface area contributed by atoms with Gasteiger partial charge in [0.1, 0.15) is 5.75 Å². The van der Waals surface area contributed by atoms with Gasteiger partial charge >= 0.3 is 12.6 Å². The lowest BCUT2D eigenvalue weighted by atomic mass is 10.0. The topological polar surface area (TPSA) is 55.8 Å². The third-order valence-corrected chi connectivity index (χ3v) is 4.26. The lowest BCUT2D eigenvalue weighted by Gasteiger charge is -2.29. The number of benzene rings is 2. The number of ether oxygens (including phenoxy) is 2. The number of rotatable bonds is 6. The number of alkyl halides is 2. The molecule has 0 saturated carbocycles. The number of para-hydroxylation sites is 1. The molecule has 3 rings (SSSR count). The van der Waals surface area contributed by atoms with Crippen molar-refractivity contribution in [2.45, 2.75) is 25.9 Å². The van der Waals surface area contributed by atoms with E-state index in [-0.39, 0.29) is 24.7 Å². The van der Waals surface area contributed by atoms with Gasteiger partial charge in [-0.05, 0) is 42.2 Å². The van der Waals surface area contributed by atoms with E-state index in [1.54, 1.807) is 4.90 Å². The summed E-state index contributed by atoms with van der Waals surface area (Å²) in [6.45, 7) is -2.63. The van der Waals surface area contributed by atoms with Crippen molar-refractivity contribution < 1.29 is 27.8 Å². The molecule has 0 bridgehead atoms. The Balaban J connectivity index is 1.51. The van der Waals surface area contributed by atoms with Crippen molar-refractivity contribution in [1.29, 1.82) is 0 Å². The van der Waals surface area contributed by atoms with Gasteiger partial charge in [0.25, 0.3) is 5.91 Å². The second-order valence-electron chi connectivity index (χ2n) is 6.14. The van der Waals surface area contributed by atoms with Crippen molar-refractivity contribution >= 4 is 17.6 Å². The molecule has 7 heteroatoms. The predicted molar refractivity (Wildman–Crippen MR) is 94.9 cm³/mol. The van der Waals surface area contributed by atoms with E-state index in [0.29, 0.717) is 12.1 Å². The van der Waals surface area contributed by atoms with Gasteiger partial charge < -0.3 is 14.4 Å². The van der Waals surface area contributed by atoms with Gasteiger partial charge in [-0.25, -0.2) is 0 Å². The molecule has 0 spiro atoms. The highest BCUT2D eigenvalue weighted by atomic mass is 19.3. The summed E-state index contributed by atoms with van der Waals surface area (Å²) in [6, 6.07) is 13.4. The molecule has 27 heavy (non-hydrogen) atoms. The van der Waals surface area contributed by atoms with Crippen LogP contribution in [-0.4, -0.2) is 31.6 Å².